The van der Waals surface area contributed by atoms with Crippen LogP contribution in [0.25, 0.3) is 10.1 Å². The molecule has 2 aromatic rings. The van der Waals surface area contributed by atoms with Crippen molar-refractivity contribution >= 4 is 45.6 Å². The Hall–Kier alpha value is -1.13. The van der Waals surface area contributed by atoms with E-state index in [9.17, 15) is 9.59 Å². The molecule has 0 unspecified atom stereocenters. The zero-order valence-corrected chi connectivity index (χ0v) is 13.0. The maximum Gasteiger partial charge on any atom is 0.172 e. The number of rotatable bonds is 8. The van der Waals surface area contributed by atoms with Crippen molar-refractivity contribution in [3.05, 3.63) is 35.2 Å². The predicted molar refractivity (Wildman–Crippen MR) is 88.1 cm³/mol. The van der Waals surface area contributed by atoms with E-state index in [0.29, 0.717) is 18.6 Å². The lowest BCUT2D eigenvalue weighted by molar-refractivity contribution is -0.116. The third-order valence-electron chi connectivity index (χ3n) is 3.24. The van der Waals surface area contributed by atoms with E-state index in [0.717, 1.165) is 34.2 Å². The van der Waals surface area contributed by atoms with Gasteiger partial charge in [-0.05, 0) is 30.4 Å². The Bertz CT molecular complexity index is 568. The number of carbonyl (C=O) groups is 2. The van der Waals surface area contributed by atoms with Crippen LogP contribution >= 0.6 is 24.0 Å². The molecule has 0 saturated carbocycles. The van der Waals surface area contributed by atoms with Gasteiger partial charge in [0.25, 0.3) is 0 Å². The molecule has 0 amide bonds. The second-order valence-electron chi connectivity index (χ2n) is 4.83. The molecule has 1 aromatic carbocycles. The van der Waals surface area contributed by atoms with Crippen LogP contribution in [0.5, 0.6) is 0 Å². The Kier molecular flexibility index (Phi) is 5.80. The summed E-state index contributed by atoms with van der Waals surface area (Å²) in [4.78, 5) is 24.0. The molecule has 0 aliphatic carbocycles. The van der Waals surface area contributed by atoms with Crippen LogP contribution in [0.1, 0.15) is 41.8 Å². The van der Waals surface area contributed by atoms with Crippen molar-refractivity contribution in [2.45, 2.75) is 32.1 Å². The monoisotopic (exact) mass is 306 g/mol. The molecular formula is C16H18O2S2. The van der Waals surface area contributed by atoms with Gasteiger partial charge in [0, 0.05) is 23.3 Å². The molecule has 4 heteroatoms. The van der Waals surface area contributed by atoms with Gasteiger partial charge in [-0.25, -0.2) is 0 Å². The van der Waals surface area contributed by atoms with Gasteiger partial charge in [-0.1, -0.05) is 24.6 Å². The van der Waals surface area contributed by atoms with E-state index in [2.05, 4.69) is 12.6 Å². The summed E-state index contributed by atoms with van der Waals surface area (Å²) in [5.74, 6) is 0.719. The van der Waals surface area contributed by atoms with Crippen molar-refractivity contribution in [2.24, 2.45) is 0 Å². The molecule has 2 nitrogen and oxygen atoms in total. The maximum absolute atomic E-state index is 12.1. The van der Waals surface area contributed by atoms with Crippen molar-refractivity contribution in [2.75, 3.05) is 5.75 Å². The van der Waals surface area contributed by atoms with Gasteiger partial charge in [-0.3, -0.25) is 9.59 Å². The van der Waals surface area contributed by atoms with Crippen molar-refractivity contribution in [3.8, 4) is 0 Å². The molecule has 0 aliphatic rings. The summed E-state index contributed by atoms with van der Waals surface area (Å²) in [7, 11) is 0. The van der Waals surface area contributed by atoms with Crippen LogP contribution in [-0.4, -0.2) is 17.3 Å². The number of hydrogen-bond donors (Lipinski definition) is 1. The van der Waals surface area contributed by atoms with E-state index in [1.54, 1.807) is 11.3 Å². The topological polar surface area (TPSA) is 34.1 Å². The molecular weight excluding hydrogens is 288 g/mol. The molecule has 1 heterocycles. The number of benzene rings is 1. The Morgan fingerprint density at radius 1 is 1.05 bits per heavy atom. The minimum Gasteiger partial charge on any atom is -0.299 e. The Labute approximate surface area is 128 Å². The molecule has 20 heavy (non-hydrogen) atoms. The van der Waals surface area contributed by atoms with Crippen LogP contribution in [0.15, 0.2) is 30.3 Å². The lowest BCUT2D eigenvalue weighted by atomic mass is 10.1. The largest absolute Gasteiger partial charge is 0.299 e. The summed E-state index contributed by atoms with van der Waals surface area (Å²) in [5, 5.41) is 1.14. The Morgan fingerprint density at radius 3 is 2.55 bits per heavy atom. The second kappa shape index (κ2) is 7.60. The van der Waals surface area contributed by atoms with Crippen LogP contribution in [0.4, 0.5) is 0 Å². The van der Waals surface area contributed by atoms with Crippen LogP contribution in [0.2, 0.25) is 0 Å². The SMILES string of the molecule is O=C(CS)CCCCCC(=O)c1cc2ccccc2s1. The van der Waals surface area contributed by atoms with Crippen LogP contribution in [-0.2, 0) is 4.79 Å². The number of ketones is 2. The first kappa shape index (κ1) is 15.3. The summed E-state index contributed by atoms with van der Waals surface area (Å²) in [5.41, 5.74) is 0. The fourth-order valence-corrected chi connectivity index (χ4v) is 3.29. The summed E-state index contributed by atoms with van der Waals surface area (Å²) < 4.78 is 1.16. The molecule has 0 saturated heterocycles. The van der Waals surface area contributed by atoms with E-state index in [-0.39, 0.29) is 11.6 Å². The predicted octanol–water partition coefficient (Wildman–Crippen LogP) is 4.53. The number of carbonyl (C=O) groups excluding carboxylic acids is 2. The Balaban J connectivity index is 1.78. The first-order valence-electron chi connectivity index (χ1n) is 6.85. The average Bonchev–Trinajstić information content (AvgIpc) is 2.90. The molecule has 1 aromatic heterocycles. The van der Waals surface area contributed by atoms with Gasteiger partial charge in [-0.2, -0.15) is 12.6 Å². The van der Waals surface area contributed by atoms with E-state index in [1.165, 1.54) is 0 Å². The molecule has 0 atom stereocenters. The molecule has 0 fully saturated rings. The van der Waals surface area contributed by atoms with E-state index < -0.39 is 0 Å². The number of thiophene rings is 1. The molecule has 106 valence electrons. The quantitative estimate of drug-likeness (QED) is 0.441. The zero-order chi connectivity index (χ0) is 14.4. The number of thiol groups is 1. The first-order valence-corrected chi connectivity index (χ1v) is 8.30. The zero-order valence-electron chi connectivity index (χ0n) is 11.3. The summed E-state index contributed by atoms with van der Waals surface area (Å²) in [6, 6.07) is 10.0. The van der Waals surface area contributed by atoms with E-state index in [4.69, 9.17) is 0 Å². The van der Waals surface area contributed by atoms with Crippen LogP contribution in [0, 0.1) is 0 Å². The highest BCUT2D eigenvalue weighted by Gasteiger charge is 2.09. The van der Waals surface area contributed by atoms with Crippen molar-refractivity contribution < 1.29 is 9.59 Å². The van der Waals surface area contributed by atoms with Gasteiger partial charge in [0.2, 0.25) is 0 Å². The lowest BCUT2D eigenvalue weighted by Gasteiger charge is -1.99. The molecule has 0 bridgehead atoms. The van der Waals surface area contributed by atoms with Crippen molar-refractivity contribution in [1.82, 2.24) is 0 Å². The van der Waals surface area contributed by atoms with Gasteiger partial charge >= 0.3 is 0 Å². The summed E-state index contributed by atoms with van der Waals surface area (Å²) in [6.45, 7) is 0. The van der Waals surface area contributed by atoms with Crippen LogP contribution in [0.3, 0.4) is 0 Å². The standard InChI is InChI=1S/C16H18O2S2/c17-13(11-19)7-2-1-3-8-14(18)16-10-12-6-4-5-9-15(12)20-16/h4-6,9-10,19H,1-3,7-8,11H2. The molecule has 0 aliphatic heterocycles. The van der Waals surface area contributed by atoms with Gasteiger partial charge in [-0.15, -0.1) is 11.3 Å². The van der Waals surface area contributed by atoms with Crippen molar-refractivity contribution in [1.29, 1.82) is 0 Å². The van der Waals surface area contributed by atoms with Crippen LogP contribution < -0.4 is 0 Å². The van der Waals surface area contributed by atoms with E-state index in [1.807, 2.05) is 30.3 Å². The van der Waals surface area contributed by atoms with Crippen molar-refractivity contribution in [3.63, 3.8) is 0 Å². The maximum atomic E-state index is 12.1. The third kappa shape index (κ3) is 4.18. The molecule has 0 radical (unpaired) electrons. The number of hydrogen-bond acceptors (Lipinski definition) is 4. The van der Waals surface area contributed by atoms with Gasteiger partial charge < -0.3 is 0 Å². The van der Waals surface area contributed by atoms with Gasteiger partial charge in [0.1, 0.15) is 5.78 Å². The minimum atomic E-state index is 0.184. The molecule has 2 rings (SSSR count). The second-order valence-corrected chi connectivity index (χ2v) is 6.23. The Morgan fingerprint density at radius 2 is 1.80 bits per heavy atom. The third-order valence-corrected chi connectivity index (χ3v) is 4.75. The number of unbranched alkanes of at least 4 members (excludes halogenated alkanes) is 2. The van der Waals surface area contributed by atoms with Gasteiger partial charge in [0.15, 0.2) is 5.78 Å². The lowest BCUT2D eigenvalue weighted by Crippen LogP contribution is -1.99. The average molecular weight is 306 g/mol. The fourth-order valence-electron chi connectivity index (χ4n) is 2.11. The highest BCUT2D eigenvalue weighted by atomic mass is 32.1. The van der Waals surface area contributed by atoms with Gasteiger partial charge in [0.05, 0.1) is 4.88 Å². The smallest absolute Gasteiger partial charge is 0.172 e. The minimum absolute atomic E-state index is 0.184. The summed E-state index contributed by atoms with van der Waals surface area (Å²) in [6.07, 6.45) is 3.80. The normalized spacial score (nSPS) is 10.8. The highest BCUT2D eigenvalue weighted by molar-refractivity contribution is 7.81. The molecule has 0 N–H and O–H groups in total. The number of Topliss-reactive ketones (excluding diaryl/α,β-unsaturated/α-hetero) is 2. The molecule has 0 spiro atoms. The fraction of sp³-hybridized carbons (Fsp3) is 0.375. The first-order chi connectivity index (χ1) is 9.70. The number of fused-ring (bicyclic) bond motifs is 1. The van der Waals surface area contributed by atoms with E-state index >= 15 is 0 Å². The highest BCUT2D eigenvalue weighted by Crippen LogP contribution is 2.26. The summed E-state index contributed by atoms with van der Waals surface area (Å²) >= 11 is 5.51.